The van der Waals surface area contributed by atoms with E-state index in [4.69, 9.17) is 4.74 Å². The van der Waals surface area contributed by atoms with Crippen LogP contribution in [0.25, 0.3) is 0 Å². The summed E-state index contributed by atoms with van der Waals surface area (Å²) in [4.78, 5) is 28.9. The van der Waals surface area contributed by atoms with Crippen molar-refractivity contribution in [3.8, 4) is 5.75 Å². The van der Waals surface area contributed by atoms with E-state index in [1.807, 2.05) is 47.9 Å². The van der Waals surface area contributed by atoms with Gasteiger partial charge in [0, 0.05) is 37.8 Å². The lowest BCUT2D eigenvalue weighted by Gasteiger charge is -2.41. The fourth-order valence-corrected chi connectivity index (χ4v) is 3.74. The zero-order valence-electron chi connectivity index (χ0n) is 16.1. The number of ether oxygens (including phenoxy) is 1. The van der Waals surface area contributed by atoms with E-state index in [0.717, 1.165) is 43.8 Å². The summed E-state index contributed by atoms with van der Waals surface area (Å²) in [5.74, 6) is 1.03. The van der Waals surface area contributed by atoms with Gasteiger partial charge in [-0.15, -0.1) is 12.4 Å². The fraction of sp³-hybridized carbons (Fsp3) is 0.600. The fourth-order valence-electron chi connectivity index (χ4n) is 3.74. The highest BCUT2D eigenvalue weighted by Gasteiger charge is 2.31. The Kier molecular flexibility index (Phi) is 7.92. The Morgan fingerprint density at radius 2 is 2.07 bits per heavy atom. The Morgan fingerprint density at radius 3 is 2.81 bits per heavy atom. The highest BCUT2D eigenvalue weighted by Crippen LogP contribution is 2.22. The largest absolute Gasteiger partial charge is 0.491 e. The number of nitrogens with zero attached hydrogens (tertiary/aromatic N) is 2. The molecule has 2 amide bonds. The SMILES string of the molecule is CC(C)Oc1ccccc1CC(=O)N1CCCC(N2CCNCC2=O)C1.Cl. The lowest BCUT2D eigenvalue weighted by atomic mass is 10.0. The number of piperazine rings is 1. The molecule has 2 saturated heterocycles. The lowest BCUT2D eigenvalue weighted by molar-refractivity contribution is -0.140. The van der Waals surface area contributed by atoms with E-state index in [9.17, 15) is 9.59 Å². The number of hydrogen-bond donors (Lipinski definition) is 1. The maximum atomic E-state index is 12.9. The van der Waals surface area contributed by atoms with Gasteiger partial charge in [0.1, 0.15) is 5.75 Å². The van der Waals surface area contributed by atoms with Crippen LogP contribution in [0, 0.1) is 0 Å². The number of carbonyl (C=O) groups is 2. The van der Waals surface area contributed by atoms with Gasteiger partial charge < -0.3 is 19.9 Å². The molecular formula is C20H30ClN3O3. The maximum absolute atomic E-state index is 12.9. The van der Waals surface area contributed by atoms with Gasteiger partial charge in [-0.25, -0.2) is 0 Å². The van der Waals surface area contributed by atoms with Crippen molar-refractivity contribution in [1.82, 2.24) is 15.1 Å². The summed E-state index contributed by atoms with van der Waals surface area (Å²) in [6.07, 6.45) is 2.33. The van der Waals surface area contributed by atoms with Crippen molar-refractivity contribution in [3.05, 3.63) is 29.8 Å². The zero-order valence-corrected chi connectivity index (χ0v) is 17.0. The van der Waals surface area contributed by atoms with E-state index in [1.54, 1.807) is 0 Å². The van der Waals surface area contributed by atoms with Crippen LogP contribution in [0.4, 0.5) is 0 Å². The third-order valence-corrected chi connectivity index (χ3v) is 4.99. The second kappa shape index (κ2) is 9.95. The molecule has 1 atom stereocenters. The average molecular weight is 396 g/mol. The number of nitrogens with one attached hydrogen (secondary N) is 1. The second-order valence-corrected chi connectivity index (χ2v) is 7.35. The van der Waals surface area contributed by atoms with Crippen LogP contribution >= 0.6 is 12.4 Å². The minimum Gasteiger partial charge on any atom is -0.491 e. The van der Waals surface area contributed by atoms with Crippen LogP contribution in [0.5, 0.6) is 5.75 Å². The molecular weight excluding hydrogens is 366 g/mol. The summed E-state index contributed by atoms with van der Waals surface area (Å²) < 4.78 is 5.83. The molecule has 1 unspecified atom stereocenters. The predicted molar refractivity (Wildman–Crippen MR) is 107 cm³/mol. The summed E-state index contributed by atoms with van der Waals surface area (Å²) in [5, 5.41) is 3.11. The monoisotopic (exact) mass is 395 g/mol. The lowest BCUT2D eigenvalue weighted by Crippen LogP contribution is -2.57. The molecule has 1 N–H and O–H groups in total. The average Bonchev–Trinajstić information content (AvgIpc) is 2.63. The molecule has 2 aliphatic rings. The number of para-hydroxylation sites is 1. The number of hydrogen-bond acceptors (Lipinski definition) is 4. The van der Waals surface area contributed by atoms with E-state index in [-0.39, 0.29) is 36.4 Å². The number of amides is 2. The van der Waals surface area contributed by atoms with Gasteiger partial charge in [0.2, 0.25) is 11.8 Å². The molecule has 0 aliphatic carbocycles. The van der Waals surface area contributed by atoms with Crippen LogP contribution in [0.1, 0.15) is 32.3 Å². The molecule has 0 bridgehead atoms. The minimum atomic E-state index is 0. The molecule has 0 aromatic heterocycles. The first-order valence-electron chi connectivity index (χ1n) is 9.57. The van der Waals surface area contributed by atoms with Crippen LogP contribution < -0.4 is 10.1 Å². The third-order valence-electron chi connectivity index (χ3n) is 4.99. The standard InChI is InChI=1S/C20H29N3O3.ClH/c1-15(2)26-18-8-4-3-6-16(18)12-19(24)22-10-5-7-17(14-22)23-11-9-21-13-20(23)25;/h3-4,6,8,15,17,21H,5,7,9-14H2,1-2H3;1H. The first kappa shape index (κ1) is 21.5. The Bertz CT molecular complexity index is 653. The first-order chi connectivity index (χ1) is 12.5. The molecule has 150 valence electrons. The molecule has 3 rings (SSSR count). The number of carbonyl (C=O) groups excluding carboxylic acids is 2. The Morgan fingerprint density at radius 1 is 1.30 bits per heavy atom. The van der Waals surface area contributed by atoms with Crippen molar-refractivity contribution in [3.63, 3.8) is 0 Å². The van der Waals surface area contributed by atoms with Crippen LogP contribution in [0.3, 0.4) is 0 Å². The molecule has 0 saturated carbocycles. The number of likely N-dealkylation sites (tertiary alicyclic amines) is 1. The Labute approximate surface area is 167 Å². The molecule has 2 heterocycles. The van der Waals surface area contributed by atoms with Crippen LogP contribution in [-0.4, -0.2) is 66.5 Å². The van der Waals surface area contributed by atoms with Crippen molar-refractivity contribution >= 4 is 24.2 Å². The van der Waals surface area contributed by atoms with Crippen LogP contribution in [-0.2, 0) is 16.0 Å². The van der Waals surface area contributed by atoms with E-state index >= 15 is 0 Å². The zero-order chi connectivity index (χ0) is 18.5. The smallest absolute Gasteiger partial charge is 0.236 e. The van der Waals surface area contributed by atoms with Gasteiger partial charge in [0.15, 0.2) is 0 Å². The summed E-state index contributed by atoms with van der Waals surface area (Å²) >= 11 is 0. The van der Waals surface area contributed by atoms with Crippen molar-refractivity contribution in [2.24, 2.45) is 0 Å². The number of piperidine rings is 1. The van der Waals surface area contributed by atoms with Crippen molar-refractivity contribution in [2.75, 3.05) is 32.7 Å². The first-order valence-corrected chi connectivity index (χ1v) is 9.57. The molecule has 2 aliphatic heterocycles. The maximum Gasteiger partial charge on any atom is 0.236 e. The molecule has 0 radical (unpaired) electrons. The van der Waals surface area contributed by atoms with E-state index in [0.29, 0.717) is 19.5 Å². The molecule has 2 fully saturated rings. The summed E-state index contributed by atoms with van der Waals surface area (Å²) in [6.45, 7) is 7.34. The summed E-state index contributed by atoms with van der Waals surface area (Å²) in [5.41, 5.74) is 0.923. The Hall–Kier alpha value is -1.79. The van der Waals surface area contributed by atoms with Gasteiger partial charge in [0.25, 0.3) is 0 Å². The topological polar surface area (TPSA) is 61.9 Å². The van der Waals surface area contributed by atoms with Gasteiger partial charge in [-0.3, -0.25) is 9.59 Å². The normalized spacial score (nSPS) is 20.4. The molecule has 27 heavy (non-hydrogen) atoms. The molecule has 0 spiro atoms. The minimum absolute atomic E-state index is 0. The van der Waals surface area contributed by atoms with E-state index in [1.165, 1.54) is 0 Å². The van der Waals surface area contributed by atoms with Gasteiger partial charge in [-0.05, 0) is 32.8 Å². The van der Waals surface area contributed by atoms with Crippen molar-refractivity contribution in [2.45, 2.75) is 45.3 Å². The summed E-state index contributed by atoms with van der Waals surface area (Å²) in [6, 6.07) is 7.88. The quantitative estimate of drug-likeness (QED) is 0.826. The third kappa shape index (κ3) is 5.59. The molecule has 7 heteroatoms. The van der Waals surface area contributed by atoms with Crippen molar-refractivity contribution in [1.29, 1.82) is 0 Å². The number of halogens is 1. The van der Waals surface area contributed by atoms with Crippen molar-refractivity contribution < 1.29 is 14.3 Å². The second-order valence-electron chi connectivity index (χ2n) is 7.35. The van der Waals surface area contributed by atoms with E-state index < -0.39 is 0 Å². The van der Waals surface area contributed by atoms with Crippen LogP contribution in [0.15, 0.2) is 24.3 Å². The molecule has 6 nitrogen and oxygen atoms in total. The highest BCUT2D eigenvalue weighted by atomic mass is 35.5. The molecule has 1 aromatic rings. The Balaban J connectivity index is 0.00000261. The van der Waals surface area contributed by atoms with Gasteiger partial charge in [-0.1, -0.05) is 18.2 Å². The van der Waals surface area contributed by atoms with E-state index in [2.05, 4.69) is 5.32 Å². The van der Waals surface area contributed by atoms with Gasteiger partial charge >= 0.3 is 0 Å². The number of benzene rings is 1. The summed E-state index contributed by atoms with van der Waals surface area (Å²) in [7, 11) is 0. The van der Waals surface area contributed by atoms with Gasteiger partial charge in [0.05, 0.1) is 19.1 Å². The molecule has 1 aromatic carbocycles. The van der Waals surface area contributed by atoms with Crippen LogP contribution in [0.2, 0.25) is 0 Å². The predicted octanol–water partition coefficient (Wildman–Crippen LogP) is 1.86. The van der Waals surface area contributed by atoms with Gasteiger partial charge in [-0.2, -0.15) is 0 Å². The number of rotatable bonds is 5. The highest BCUT2D eigenvalue weighted by molar-refractivity contribution is 5.85.